The van der Waals surface area contributed by atoms with Crippen molar-refractivity contribution in [1.82, 2.24) is 5.32 Å². The van der Waals surface area contributed by atoms with E-state index in [1.807, 2.05) is 36.4 Å². The lowest BCUT2D eigenvalue weighted by atomic mass is 9.97. The molecule has 1 amide bonds. The first-order chi connectivity index (χ1) is 15.2. The van der Waals surface area contributed by atoms with Gasteiger partial charge in [0.25, 0.3) is 0 Å². The molecule has 0 aliphatic carbocycles. The van der Waals surface area contributed by atoms with E-state index in [4.69, 9.17) is 19.9 Å². The molecule has 2 aromatic rings. The number of rotatable bonds is 11. The molecule has 3 N–H and O–H groups in total. The lowest BCUT2D eigenvalue weighted by molar-refractivity contribution is -0.154. The van der Waals surface area contributed by atoms with Crippen LogP contribution < -0.4 is 20.5 Å². The van der Waals surface area contributed by atoms with Crippen LogP contribution in [0.25, 0.3) is 0 Å². The Kier molecular flexibility index (Phi) is 9.53. The Hall–Kier alpha value is -3.06. The number of ether oxygens (including phenoxy) is 3. The summed E-state index contributed by atoms with van der Waals surface area (Å²) in [5, 5.41) is 3.00. The summed E-state index contributed by atoms with van der Waals surface area (Å²) in [6.45, 7) is 6.28. The predicted octanol–water partition coefficient (Wildman–Crippen LogP) is 2.89. The third-order valence-corrected chi connectivity index (χ3v) is 4.69. The molecule has 0 aliphatic heterocycles. The smallest absolute Gasteiger partial charge is 0.311 e. The zero-order chi connectivity index (χ0) is 23.6. The van der Waals surface area contributed by atoms with Crippen LogP contribution in [-0.4, -0.2) is 44.8 Å². The maximum atomic E-state index is 12.8. The highest BCUT2D eigenvalue weighted by molar-refractivity contribution is 5.79. The molecule has 0 saturated carbocycles. The van der Waals surface area contributed by atoms with Crippen LogP contribution in [0.1, 0.15) is 31.9 Å². The average molecular weight is 443 g/mol. The number of esters is 1. The molecule has 174 valence electrons. The Labute approximate surface area is 190 Å². The van der Waals surface area contributed by atoms with Crippen LogP contribution in [0.3, 0.4) is 0 Å². The molecule has 2 rings (SSSR count). The van der Waals surface area contributed by atoms with Gasteiger partial charge in [0.15, 0.2) is 11.5 Å². The largest absolute Gasteiger partial charge is 0.493 e. The monoisotopic (exact) mass is 442 g/mol. The molecule has 0 unspecified atom stereocenters. The van der Waals surface area contributed by atoms with Gasteiger partial charge in [-0.3, -0.25) is 9.59 Å². The molecule has 1 atom stereocenters. The standard InChI is InChI=1S/C25H34N2O5/c1-25(2,3)24(29)32-17-20(14-18-8-6-5-7-9-18)27-23(28)16-19-10-11-21(31-13-12-26)22(15-19)30-4/h5-11,15,20H,12-14,16-17,26H2,1-4H3,(H,27,28)/t20-/m1/s1. The minimum Gasteiger partial charge on any atom is -0.493 e. The number of amides is 1. The Bertz CT molecular complexity index is 878. The average Bonchev–Trinajstić information content (AvgIpc) is 2.76. The van der Waals surface area contributed by atoms with Gasteiger partial charge in [0.1, 0.15) is 13.2 Å². The Morgan fingerprint density at radius 2 is 1.75 bits per heavy atom. The van der Waals surface area contributed by atoms with Crippen molar-refractivity contribution in [3.05, 3.63) is 59.7 Å². The second-order valence-corrected chi connectivity index (χ2v) is 8.60. The summed E-state index contributed by atoms with van der Waals surface area (Å²) in [5.41, 5.74) is 6.71. The van der Waals surface area contributed by atoms with Crippen molar-refractivity contribution in [2.24, 2.45) is 11.1 Å². The first kappa shape index (κ1) is 25.2. The van der Waals surface area contributed by atoms with Crippen molar-refractivity contribution in [3.63, 3.8) is 0 Å². The van der Waals surface area contributed by atoms with Gasteiger partial charge in [-0.05, 0) is 50.5 Å². The minimum atomic E-state index is -0.606. The van der Waals surface area contributed by atoms with E-state index in [0.29, 0.717) is 31.1 Å². The highest BCUT2D eigenvalue weighted by Gasteiger charge is 2.25. The summed E-state index contributed by atoms with van der Waals surface area (Å²) in [4.78, 5) is 25.0. The number of carbonyl (C=O) groups excluding carboxylic acids is 2. The second-order valence-electron chi connectivity index (χ2n) is 8.60. The van der Waals surface area contributed by atoms with Crippen LogP contribution >= 0.6 is 0 Å². The zero-order valence-corrected chi connectivity index (χ0v) is 19.4. The zero-order valence-electron chi connectivity index (χ0n) is 19.4. The summed E-state index contributed by atoms with van der Waals surface area (Å²) in [5.74, 6) is 0.653. The molecule has 0 spiro atoms. The van der Waals surface area contributed by atoms with Gasteiger partial charge in [0.05, 0.1) is 25.0 Å². The van der Waals surface area contributed by atoms with Crippen LogP contribution in [-0.2, 0) is 27.2 Å². The number of benzene rings is 2. The number of nitrogens with one attached hydrogen (secondary N) is 1. The van der Waals surface area contributed by atoms with Crippen LogP contribution in [0.5, 0.6) is 11.5 Å². The molecule has 0 aliphatic rings. The van der Waals surface area contributed by atoms with Crippen molar-refractivity contribution in [3.8, 4) is 11.5 Å². The summed E-state index contributed by atoms with van der Waals surface area (Å²) in [6.07, 6.45) is 0.714. The molecule has 0 fully saturated rings. The van der Waals surface area contributed by atoms with Gasteiger partial charge in [-0.25, -0.2) is 0 Å². The van der Waals surface area contributed by atoms with E-state index in [1.165, 1.54) is 0 Å². The SMILES string of the molecule is COc1cc(CC(=O)N[C@@H](COC(=O)C(C)(C)C)Cc2ccccc2)ccc1OCCN. The fourth-order valence-corrected chi connectivity index (χ4v) is 3.02. The summed E-state index contributed by atoms with van der Waals surface area (Å²) in [7, 11) is 1.55. The van der Waals surface area contributed by atoms with Gasteiger partial charge >= 0.3 is 5.97 Å². The molecule has 0 saturated heterocycles. The number of carbonyl (C=O) groups is 2. The fraction of sp³-hybridized carbons (Fsp3) is 0.440. The van der Waals surface area contributed by atoms with Gasteiger partial charge in [-0.1, -0.05) is 36.4 Å². The maximum Gasteiger partial charge on any atom is 0.311 e. The summed E-state index contributed by atoms with van der Waals surface area (Å²) < 4.78 is 16.4. The second kappa shape index (κ2) is 12.1. The molecule has 0 radical (unpaired) electrons. The van der Waals surface area contributed by atoms with Crippen molar-refractivity contribution >= 4 is 11.9 Å². The normalized spacial score (nSPS) is 12.0. The molecule has 7 heteroatoms. The highest BCUT2D eigenvalue weighted by atomic mass is 16.5. The molecular weight excluding hydrogens is 408 g/mol. The van der Waals surface area contributed by atoms with Gasteiger partial charge < -0.3 is 25.3 Å². The maximum absolute atomic E-state index is 12.8. The summed E-state index contributed by atoms with van der Waals surface area (Å²) >= 11 is 0. The quantitative estimate of drug-likeness (QED) is 0.519. The van der Waals surface area contributed by atoms with E-state index in [9.17, 15) is 9.59 Å². The lowest BCUT2D eigenvalue weighted by Crippen LogP contribution is -2.42. The van der Waals surface area contributed by atoms with Crippen molar-refractivity contribution < 1.29 is 23.8 Å². The number of hydrogen-bond acceptors (Lipinski definition) is 6. The molecule has 0 bridgehead atoms. The first-order valence-electron chi connectivity index (χ1n) is 10.7. The number of methoxy groups -OCH3 is 1. The molecule has 7 nitrogen and oxygen atoms in total. The van der Waals surface area contributed by atoms with E-state index in [2.05, 4.69) is 5.32 Å². The lowest BCUT2D eigenvalue weighted by Gasteiger charge is -2.22. The van der Waals surface area contributed by atoms with E-state index >= 15 is 0 Å². The molecular formula is C25H34N2O5. The fourth-order valence-electron chi connectivity index (χ4n) is 3.02. The molecule has 0 aromatic heterocycles. The number of hydrogen-bond donors (Lipinski definition) is 2. The molecule has 0 heterocycles. The Morgan fingerprint density at radius 3 is 2.38 bits per heavy atom. The van der Waals surface area contributed by atoms with Crippen molar-refractivity contribution in [2.45, 2.75) is 39.7 Å². The van der Waals surface area contributed by atoms with Gasteiger partial charge in [-0.15, -0.1) is 0 Å². The van der Waals surface area contributed by atoms with Gasteiger partial charge in [-0.2, -0.15) is 0 Å². The minimum absolute atomic E-state index is 0.103. The summed E-state index contributed by atoms with van der Waals surface area (Å²) in [6, 6.07) is 14.8. The van der Waals surface area contributed by atoms with E-state index in [-0.39, 0.29) is 30.9 Å². The molecule has 32 heavy (non-hydrogen) atoms. The topological polar surface area (TPSA) is 99.9 Å². The third kappa shape index (κ3) is 8.23. The van der Waals surface area contributed by atoms with Crippen LogP contribution in [0.15, 0.2) is 48.5 Å². The van der Waals surface area contributed by atoms with Crippen LogP contribution in [0.4, 0.5) is 0 Å². The van der Waals surface area contributed by atoms with E-state index < -0.39 is 5.41 Å². The Morgan fingerprint density at radius 1 is 1.03 bits per heavy atom. The van der Waals surface area contributed by atoms with Gasteiger partial charge in [0, 0.05) is 6.54 Å². The Balaban J connectivity index is 2.05. The van der Waals surface area contributed by atoms with Crippen molar-refractivity contribution in [2.75, 3.05) is 26.9 Å². The third-order valence-electron chi connectivity index (χ3n) is 4.69. The van der Waals surface area contributed by atoms with E-state index in [1.54, 1.807) is 40.0 Å². The van der Waals surface area contributed by atoms with Crippen molar-refractivity contribution in [1.29, 1.82) is 0 Å². The van der Waals surface area contributed by atoms with Gasteiger partial charge in [0.2, 0.25) is 5.91 Å². The predicted molar refractivity (Wildman–Crippen MR) is 124 cm³/mol. The van der Waals surface area contributed by atoms with E-state index in [0.717, 1.165) is 11.1 Å². The first-order valence-corrected chi connectivity index (χ1v) is 10.7. The number of nitrogens with two attached hydrogens (primary N) is 1. The molecule has 2 aromatic carbocycles. The van der Waals surface area contributed by atoms with Crippen LogP contribution in [0, 0.1) is 5.41 Å². The van der Waals surface area contributed by atoms with Crippen LogP contribution in [0.2, 0.25) is 0 Å². The highest BCUT2D eigenvalue weighted by Crippen LogP contribution is 2.28.